The Morgan fingerprint density at radius 3 is 2.30 bits per heavy atom. The fourth-order valence-corrected chi connectivity index (χ4v) is 5.29. The van der Waals surface area contributed by atoms with Crippen molar-refractivity contribution in [1.29, 1.82) is 0 Å². The summed E-state index contributed by atoms with van der Waals surface area (Å²) >= 11 is 0. The Bertz CT molecular complexity index is 1410. The predicted molar refractivity (Wildman–Crippen MR) is 131 cm³/mol. The molecule has 8 nitrogen and oxygen atoms in total. The molecule has 12 heteroatoms. The number of carbonyl (C=O) groups is 1. The third-order valence-electron chi connectivity index (χ3n) is 6.27. The van der Waals surface area contributed by atoms with E-state index in [2.05, 4.69) is 20.0 Å². The molecule has 0 aliphatic heterocycles. The highest BCUT2D eigenvalue weighted by molar-refractivity contribution is 7.92. The average Bonchev–Trinajstić information content (AvgIpc) is 2.84. The zero-order valence-electron chi connectivity index (χ0n) is 19.8. The van der Waals surface area contributed by atoms with E-state index in [0.29, 0.717) is 37.1 Å². The van der Waals surface area contributed by atoms with Crippen molar-refractivity contribution in [3.63, 3.8) is 0 Å². The molecule has 1 aliphatic carbocycles. The van der Waals surface area contributed by atoms with Crippen LogP contribution in [0.4, 0.5) is 24.8 Å². The Morgan fingerprint density at radius 2 is 1.65 bits per heavy atom. The molecule has 0 spiro atoms. The number of rotatable bonds is 7. The number of benzene rings is 1. The van der Waals surface area contributed by atoms with Crippen molar-refractivity contribution >= 4 is 27.6 Å². The number of carboxylic acids is 1. The number of hydrogen-bond acceptors (Lipinski definition) is 6. The molecule has 1 fully saturated rings. The van der Waals surface area contributed by atoms with Crippen LogP contribution in [-0.2, 0) is 21.0 Å². The Hall–Kier alpha value is -3.67. The summed E-state index contributed by atoms with van der Waals surface area (Å²) in [5, 5.41) is 11.9. The highest BCUT2D eigenvalue weighted by Crippen LogP contribution is 2.38. The second-order valence-corrected chi connectivity index (χ2v) is 10.5. The van der Waals surface area contributed by atoms with Crippen molar-refractivity contribution in [2.45, 2.75) is 49.9 Å². The first kappa shape index (κ1) is 26.4. The molecule has 0 unspecified atom stereocenters. The van der Waals surface area contributed by atoms with Gasteiger partial charge < -0.3 is 10.4 Å². The molecule has 196 valence electrons. The minimum atomic E-state index is -4.69. The quantitative estimate of drug-likeness (QED) is 0.375. The molecule has 4 rings (SSSR count). The zero-order chi connectivity index (χ0) is 26.8. The van der Waals surface area contributed by atoms with Crippen molar-refractivity contribution in [2.75, 3.05) is 10.0 Å². The fourth-order valence-electron chi connectivity index (χ4n) is 4.32. The van der Waals surface area contributed by atoms with Crippen LogP contribution in [0.2, 0.25) is 0 Å². The van der Waals surface area contributed by atoms with E-state index >= 15 is 0 Å². The van der Waals surface area contributed by atoms with Crippen LogP contribution in [0.5, 0.6) is 0 Å². The van der Waals surface area contributed by atoms with E-state index in [4.69, 9.17) is 5.11 Å². The summed E-state index contributed by atoms with van der Waals surface area (Å²) in [4.78, 5) is 19.3. The zero-order valence-corrected chi connectivity index (χ0v) is 20.6. The maximum absolute atomic E-state index is 13.7. The standard InChI is InChI=1S/C25H25F3N4O4S/c1-15-5-2-3-6-18(15)23-19(25(26,27)28)13-14-21(31-23)32-37(35,36)22-8-4-7-20(30-22)29-17-11-9-16(10-12-17)24(33)34/h2-8,13-14,16-17H,9-12H2,1H3,(H,29,30)(H,31,32)(H,33,34)/t16-,17-. The summed E-state index contributed by atoms with van der Waals surface area (Å²) in [6, 6.07) is 12.5. The van der Waals surface area contributed by atoms with E-state index in [1.807, 2.05) is 0 Å². The van der Waals surface area contributed by atoms with Gasteiger partial charge in [-0.15, -0.1) is 0 Å². The molecule has 0 atom stereocenters. The molecule has 2 heterocycles. The summed E-state index contributed by atoms with van der Waals surface area (Å²) in [5.41, 5.74) is -0.575. The van der Waals surface area contributed by atoms with Crippen LogP contribution in [0, 0.1) is 12.8 Å². The minimum Gasteiger partial charge on any atom is -0.481 e. The summed E-state index contributed by atoms with van der Waals surface area (Å²) in [7, 11) is -4.28. The first-order chi connectivity index (χ1) is 17.4. The van der Waals surface area contributed by atoms with Gasteiger partial charge in [-0.3, -0.25) is 9.52 Å². The molecule has 0 amide bonds. The summed E-state index contributed by atoms with van der Waals surface area (Å²) < 4.78 is 69.3. The average molecular weight is 535 g/mol. The molecular formula is C25H25F3N4O4S. The predicted octanol–water partition coefficient (Wildman–Crippen LogP) is 5.33. The third kappa shape index (κ3) is 6.19. The number of sulfonamides is 1. The summed E-state index contributed by atoms with van der Waals surface area (Å²) in [6.07, 6.45) is -2.46. The van der Waals surface area contributed by atoms with Gasteiger partial charge in [-0.1, -0.05) is 30.3 Å². The fraction of sp³-hybridized carbons (Fsp3) is 0.320. The van der Waals surface area contributed by atoms with Crippen LogP contribution < -0.4 is 10.0 Å². The number of hydrogen-bond donors (Lipinski definition) is 3. The highest BCUT2D eigenvalue weighted by Gasteiger charge is 2.35. The molecule has 1 saturated carbocycles. The Kier molecular flexibility index (Phi) is 7.39. The minimum absolute atomic E-state index is 0.0535. The molecule has 0 saturated heterocycles. The van der Waals surface area contributed by atoms with E-state index in [-0.39, 0.29) is 34.1 Å². The number of nitrogens with zero attached hydrogens (tertiary/aromatic N) is 2. The number of aryl methyl sites for hydroxylation is 1. The smallest absolute Gasteiger partial charge is 0.418 e. The largest absolute Gasteiger partial charge is 0.481 e. The van der Waals surface area contributed by atoms with Gasteiger partial charge in [0, 0.05) is 11.6 Å². The van der Waals surface area contributed by atoms with Crippen molar-refractivity contribution < 1.29 is 31.5 Å². The number of pyridine rings is 2. The lowest BCUT2D eigenvalue weighted by atomic mass is 9.86. The van der Waals surface area contributed by atoms with Gasteiger partial charge in [-0.05, 0) is 62.4 Å². The first-order valence-corrected chi connectivity index (χ1v) is 13.1. The number of anilines is 2. The molecule has 37 heavy (non-hydrogen) atoms. The second-order valence-electron chi connectivity index (χ2n) is 8.90. The van der Waals surface area contributed by atoms with Gasteiger partial charge in [0.05, 0.1) is 17.2 Å². The molecule has 3 N–H and O–H groups in total. The van der Waals surface area contributed by atoms with Crippen LogP contribution in [0.15, 0.2) is 59.6 Å². The SMILES string of the molecule is Cc1ccccc1-c1nc(NS(=O)(=O)c2cccc(N[C@H]3CC[C@H](C(=O)O)CC3)n2)ccc1C(F)(F)F. The summed E-state index contributed by atoms with van der Waals surface area (Å²) in [6.45, 7) is 1.64. The van der Waals surface area contributed by atoms with E-state index in [1.165, 1.54) is 18.2 Å². The van der Waals surface area contributed by atoms with Crippen molar-refractivity contribution in [3.8, 4) is 11.3 Å². The lowest BCUT2D eigenvalue weighted by Gasteiger charge is -2.27. The van der Waals surface area contributed by atoms with Gasteiger partial charge in [0.1, 0.15) is 11.6 Å². The van der Waals surface area contributed by atoms with E-state index in [9.17, 15) is 26.4 Å². The van der Waals surface area contributed by atoms with Gasteiger partial charge >= 0.3 is 12.1 Å². The van der Waals surface area contributed by atoms with Crippen molar-refractivity contribution in [1.82, 2.24) is 9.97 Å². The topological polar surface area (TPSA) is 121 Å². The van der Waals surface area contributed by atoms with Gasteiger partial charge in [-0.25, -0.2) is 9.97 Å². The number of aliphatic carboxylic acids is 1. The van der Waals surface area contributed by atoms with Crippen LogP contribution in [0.1, 0.15) is 36.8 Å². The maximum atomic E-state index is 13.7. The van der Waals surface area contributed by atoms with Crippen LogP contribution in [0.25, 0.3) is 11.3 Å². The van der Waals surface area contributed by atoms with Gasteiger partial charge in [-0.2, -0.15) is 21.6 Å². The van der Waals surface area contributed by atoms with E-state index in [0.717, 1.165) is 12.1 Å². The number of halogens is 3. The van der Waals surface area contributed by atoms with Crippen LogP contribution in [-0.4, -0.2) is 35.5 Å². The van der Waals surface area contributed by atoms with Gasteiger partial charge in [0.2, 0.25) is 0 Å². The Balaban J connectivity index is 1.57. The van der Waals surface area contributed by atoms with Crippen molar-refractivity contribution in [3.05, 3.63) is 65.7 Å². The second kappa shape index (κ2) is 10.4. The van der Waals surface area contributed by atoms with Crippen LogP contribution in [0.3, 0.4) is 0 Å². The molecule has 0 radical (unpaired) electrons. The first-order valence-electron chi connectivity index (χ1n) is 11.6. The number of aromatic nitrogens is 2. The van der Waals surface area contributed by atoms with Gasteiger partial charge in [0.15, 0.2) is 5.03 Å². The maximum Gasteiger partial charge on any atom is 0.418 e. The lowest BCUT2D eigenvalue weighted by molar-refractivity contribution is -0.142. The third-order valence-corrected chi connectivity index (χ3v) is 7.52. The molecule has 3 aromatic rings. The van der Waals surface area contributed by atoms with Crippen molar-refractivity contribution in [2.24, 2.45) is 5.92 Å². The summed E-state index contributed by atoms with van der Waals surface area (Å²) in [5.74, 6) is -1.19. The van der Waals surface area contributed by atoms with Gasteiger partial charge in [0.25, 0.3) is 10.0 Å². The highest BCUT2D eigenvalue weighted by atomic mass is 32.2. The number of nitrogens with one attached hydrogen (secondary N) is 2. The molecule has 1 aromatic carbocycles. The molecular weight excluding hydrogens is 509 g/mol. The Morgan fingerprint density at radius 1 is 0.946 bits per heavy atom. The molecule has 0 bridgehead atoms. The van der Waals surface area contributed by atoms with Crippen LogP contribution >= 0.6 is 0 Å². The number of carboxylic acid groups (broad SMARTS) is 1. The van der Waals surface area contributed by atoms with E-state index < -0.39 is 27.7 Å². The normalized spacial score (nSPS) is 18.3. The molecule has 2 aromatic heterocycles. The number of alkyl halides is 3. The molecule has 1 aliphatic rings. The van der Waals surface area contributed by atoms with E-state index in [1.54, 1.807) is 31.2 Å². The lowest BCUT2D eigenvalue weighted by Crippen LogP contribution is -2.29. The monoisotopic (exact) mass is 534 g/mol. The Labute approximate surface area is 212 Å².